The van der Waals surface area contributed by atoms with Gasteiger partial charge < -0.3 is 5.73 Å². The molecular weight excluding hydrogens is 303 g/mol. The monoisotopic (exact) mass is 320 g/mol. The Labute approximate surface area is 123 Å². The van der Waals surface area contributed by atoms with Gasteiger partial charge in [0, 0.05) is 13.1 Å². The van der Waals surface area contributed by atoms with Crippen LogP contribution < -0.4 is 10.5 Å². The number of halogens is 2. The molecule has 1 unspecified atom stereocenters. The molecule has 3 N–H and O–H groups in total. The van der Waals surface area contributed by atoms with Crippen molar-refractivity contribution < 1.29 is 12.8 Å². The third-order valence-electron chi connectivity index (χ3n) is 3.63. The molecule has 1 aromatic rings. The summed E-state index contributed by atoms with van der Waals surface area (Å²) in [5, 5.41) is -0.127. The van der Waals surface area contributed by atoms with Crippen molar-refractivity contribution >= 4 is 21.6 Å². The lowest BCUT2D eigenvalue weighted by molar-refractivity contribution is 0.491. The first-order chi connectivity index (χ1) is 9.35. The largest absolute Gasteiger partial charge is 0.326 e. The highest BCUT2D eigenvalue weighted by Gasteiger charge is 2.29. The van der Waals surface area contributed by atoms with Crippen molar-refractivity contribution in [3.63, 3.8) is 0 Å². The van der Waals surface area contributed by atoms with E-state index in [1.54, 1.807) is 0 Å². The highest BCUT2D eigenvalue weighted by molar-refractivity contribution is 7.89. The molecule has 4 nitrogen and oxygen atoms in total. The molecule has 7 heteroatoms. The predicted octanol–water partition coefficient (Wildman–Crippen LogP) is 2.26. The summed E-state index contributed by atoms with van der Waals surface area (Å²) in [5.74, 6) is 0.111. The Hall–Kier alpha value is -0.690. The minimum Gasteiger partial charge on any atom is -0.326 e. The van der Waals surface area contributed by atoms with E-state index in [0.717, 1.165) is 18.9 Å². The molecule has 0 aromatic heterocycles. The molecule has 0 saturated heterocycles. The molecule has 20 heavy (non-hydrogen) atoms. The molecule has 1 atom stereocenters. The van der Waals surface area contributed by atoms with Gasteiger partial charge in [0.25, 0.3) is 0 Å². The lowest BCUT2D eigenvalue weighted by Crippen LogP contribution is -2.29. The van der Waals surface area contributed by atoms with Crippen LogP contribution in [0, 0.1) is 17.7 Å². The minimum atomic E-state index is -3.74. The first-order valence-corrected chi connectivity index (χ1v) is 8.39. The van der Waals surface area contributed by atoms with Crippen LogP contribution in [-0.4, -0.2) is 15.0 Å². The summed E-state index contributed by atoms with van der Waals surface area (Å²) in [6.07, 6.45) is 2.30. The van der Waals surface area contributed by atoms with Crippen LogP contribution in [0.25, 0.3) is 0 Å². The molecule has 1 aliphatic carbocycles. The quantitative estimate of drug-likeness (QED) is 0.844. The predicted molar refractivity (Wildman–Crippen MR) is 76.4 cm³/mol. The van der Waals surface area contributed by atoms with Crippen LogP contribution in [0.4, 0.5) is 4.39 Å². The van der Waals surface area contributed by atoms with Crippen LogP contribution in [-0.2, 0) is 16.6 Å². The summed E-state index contributed by atoms with van der Waals surface area (Å²) < 4.78 is 40.4. The maximum absolute atomic E-state index is 13.6. The van der Waals surface area contributed by atoms with Gasteiger partial charge in [-0.25, -0.2) is 17.5 Å². The van der Waals surface area contributed by atoms with Gasteiger partial charge in [0.05, 0.1) is 9.92 Å². The number of hydrogen-bond donors (Lipinski definition) is 2. The molecule has 0 aliphatic heterocycles. The van der Waals surface area contributed by atoms with Gasteiger partial charge in [0.1, 0.15) is 5.82 Å². The Balaban J connectivity index is 2.18. The summed E-state index contributed by atoms with van der Waals surface area (Å²) >= 11 is 5.72. The summed E-state index contributed by atoms with van der Waals surface area (Å²) in [6.45, 7) is 2.35. The van der Waals surface area contributed by atoms with Gasteiger partial charge in [-0.2, -0.15) is 0 Å². The van der Waals surface area contributed by atoms with Gasteiger partial charge in [0.2, 0.25) is 10.0 Å². The van der Waals surface area contributed by atoms with Crippen LogP contribution in [0.5, 0.6) is 0 Å². The van der Waals surface area contributed by atoms with Crippen molar-refractivity contribution in [2.45, 2.75) is 31.2 Å². The minimum absolute atomic E-state index is 0.0163. The van der Waals surface area contributed by atoms with Crippen molar-refractivity contribution in [3.05, 3.63) is 28.5 Å². The van der Waals surface area contributed by atoms with Gasteiger partial charge in [-0.05, 0) is 42.4 Å². The zero-order chi connectivity index (χ0) is 14.9. The van der Waals surface area contributed by atoms with Crippen molar-refractivity contribution in [1.29, 1.82) is 0 Å². The van der Waals surface area contributed by atoms with Crippen LogP contribution in [0.1, 0.15) is 25.3 Å². The normalized spacial score (nSPS) is 17.2. The molecule has 0 heterocycles. The maximum Gasteiger partial charge on any atom is 0.240 e. The zero-order valence-electron chi connectivity index (χ0n) is 11.2. The topological polar surface area (TPSA) is 72.2 Å². The molecular formula is C13H18ClFN2O2S. The van der Waals surface area contributed by atoms with Crippen LogP contribution >= 0.6 is 11.6 Å². The number of nitrogens with one attached hydrogen (secondary N) is 1. The van der Waals surface area contributed by atoms with E-state index in [4.69, 9.17) is 17.3 Å². The molecule has 1 saturated carbocycles. The number of nitrogens with two attached hydrogens (primary N) is 1. The fourth-order valence-electron chi connectivity index (χ4n) is 2.08. The SMILES string of the molecule is CC(CNS(=O)(=O)c1cc(F)c(Cl)c(CN)c1)C1CC1. The Morgan fingerprint density at radius 2 is 2.15 bits per heavy atom. The Bertz CT molecular complexity index is 603. The van der Waals surface area contributed by atoms with Crippen LogP contribution in [0.15, 0.2) is 17.0 Å². The molecule has 0 bridgehead atoms. The standard InChI is InChI=1S/C13H18ClFN2O2S/c1-8(9-2-3-9)7-17-20(18,19)11-4-10(6-16)13(14)12(15)5-11/h4-5,8-9,17H,2-3,6-7,16H2,1H3. The van der Waals surface area contributed by atoms with Gasteiger partial charge in [-0.3, -0.25) is 0 Å². The van der Waals surface area contributed by atoms with E-state index in [2.05, 4.69) is 4.72 Å². The molecule has 1 fully saturated rings. The average molecular weight is 321 g/mol. The lowest BCUT2D eigenvalue weighted by Gasteiger charge is -2.13. The highest BCUT2D eigenvalue weighted by atomic mass is 35.5. The van der Waals surface area contributed by atoms with E-state index >= 15 is 0 Å². The molecule has 112 valence electrons. The summed E-state index contributed by atoms with van der Waals surface area (Å²) in [4.78, 5) is -0.136. The third-order valence-corrected chi connectivity index (χ3v) is 5.46. The number of hydrogen-bond acceptors (Lipinski definition) is 3. The number of rotatable bonds is 6. The molecule has 0 amide bonds. The molecule has 0 spiro atoms. The fourth-order valence-corrected chi connectivity index (χ4v) is 3.47. The first kappa shape index (κ1) is 15.7. The first-order valence-electron chi connectivity index (χ1n) is 6.53. The Kier molecular flexibility index (Phi) is 4.69. The molecule has 1 aromatic carbocycles. The molecule has 2 rings (SSSR count). The average Bonchev–Trinajstić information content (AvgIpc) is 3.23. The van der Waals surface area contributed by atoms with E-state index in [0.29, 0.717) is 12.5 Å². The van der Waals surface area contributed by atoms with Crippen molar-refractivity contribution in [2.75, 3.05) is 6.54 Å². The summed E-state index contributed by atoms with van der Waals surface area (Å²) in [5.41, 5.74) is 5.72. The van der Waals surface area contributed by atoms with Gasteiger partial charge in [0.15, 0.2) is 0 Å². The third kappa shape index (κ3) is 3.49. The van der Waals surface area contributed by atoms with E-state index in [-0.39, 0.29) is 27.9 Å². The lowest BCUT2D eigenvalue weighted by atomic mass is 10.1. The van der Waals surface area contributed by atoms with Crippen LogP contribution in [0.3, 0.4) is 0 Å². The Morgan fingerprint density at radius 1 is 1.50 bits per heavy atom. The number of benzene rings is 1. The Morgan fingerprint density at radius 3 is 2.70 bits per heavy atom. The summed E-state index contributed by atoms with van der Waals surface area (Å²) in [6, 6.07) is 2.24. The summed E-state index contributed by atoms with van der Waals surface area (Å²) in [7, 11) is -3.74. The smallest absolute Gasteiger partial charge is 0.240 e. The van der Waals surface area contributed by atoms with Gasteiger partial charge in [-0.1, -0.05) is 18.5 Å². The van der Waals surface area contributed by atoms with Crippen LogP contribution in [0.2, 0.25) is 5.02 Å². The van der Waals surface area contributed by atoms with Crippen molar-refractivity contribution in [3.8, 4) is 0 Å². The van der Waals surface area contributed by atoms with E-state index in [1.807, 2.05) is 6.92 Å². The van der Waals surface area contributed by atoms with E-state index < -0.39 is 15.8 Å². The fraction of sp³-hybridized carbons (Fsp3) is 0.538. The van der Waals surface area contributed by atoms with Gasteiger partial charge >= 0.3 is 0 Å². The van der Waals surface area contributed by atoms with Crippen molar-refractivity contribution in [1.82, 2.24) is 4.72 Å². The van der Waals surface area contributed by atoms with Gasteiger partial charge in [-0.15, -0.1) is 0 Å². The number of sulfonamides is 1. The molecule has 1 aliphatic rings. The maximum atomic E-state index is 13.6. The second-order valence-corrected chi connectivity index (χ2v) is 7.39. The second kappa shape index (κ2) is 5.97. The molecule has 0 radical (unpaired) electrons. The van der Waals surface area contributed by atoms with Crippen molar-refractivity contribution in [2.24, 2.45) is 17.6 Å². The van der Waals surface area contributed by atoms with E-state index in [9.17, 15) is 12.8 Å². The highest BCUT2D eigenvalue weighted by Crippen LogP contribution is 2.36. The second-order valence-electron chi connectivity index (χ2n) is 5.25. The zero-order valence-corrected chi connectivity index (χ0v) is 12.8. The van der Waals surface area contributed by atoms with E-state index in [1.165, 1.54) is 6.07 Å².